The second-order valence-electron chi connectivity index (χ2n) is 5.05. The molecule has 0 aliphatic rings. The molecule has 0 aliphatic heterocycles. The van der Waals surface area contributed by atoms with E-state index in [0.717, 1.165) is 0 Å². The van der Waals surface area contributed by atoms with Gasteiger partial charge in [0.15, 0.2) is 5.82 Å². The van der Waals surface area contributed by atoms with E-state index in [1.54, 1.807) is 31.2 Å². The van der Waals surface area contributed by atoms with Crippen LogP contribution in [0.3, 0.4) is 0 Å². The third kappa shape index (κ3) is 4.04. The number of benzene rings is 1. The van der Waals surface area contributed by atoms with E-state index in [4.69, 9.17) is 20.9 Å². The molecule has 0 saturated carbocycles. The Balaban J connectivity index is 1.67. The van der Waals surface area contributed by atoms with Crippen LogP contribution in [0.1, 0.15) is 16.1 Å². The molecular formula is C16H14ClN5O3. The predicted octanol–water partition coefficient (Wildman–Crippen LogP) is 3.43. The predicted molar refractivity (Wildman–Crippen MR) is 92.5 cm³/mol. The Kier molecular flexibility index (Phi) is 4.80. The van der Waals surface area contributed by atoms with Crippen molar-refractivity contribution in [1.82, 2.24) is 15.1 Å². The second kappa shape index (κ2) is 7.18. The van der Waals surface area contributed by atoms with E-state index in [-0.39, 0.29) is 5.91 Å². The average molecular weight is 360 g/mol. The van der Waals surface area contributed by atoms with Gasteiger partial charge >= 0.3 is 0 Å². The number of rotatable bonds is 5. The number of amides is 1. The summed E-state index contributed by atoms with van der Waals surface area (Å²) >= 11 is 6.04. The normalized spacial score (nSPS) is 10.4. The first kappa shape index (κ1) is 16.7. The Hall–Kier alpha value is -3.13. The van der Waals surface area contributed by atoms with E-state index in [9.17, 15) is 4.79 Å². The summed E-state index contributed by atoms with van der Waals surface area (Å²) in [6.07, 6.45) is 2.81. The molecule has 0 spiro atoms. The van der Waals surface area contributed by atoms with Crippen LogP contribution in [0.5, 0.6) is 5.75 Å². The number of methoxy groups -OCH3 is 1. The Morgan fingerprint density at radius 2 is 2.00 bits per heavy atom. The highest BCUT2D eigenvalue weighted by molar-refractivity contribution is 6.32. The molecule has 0 atom stereocenters. The van der Waals surface area contributed by atoms with Gasteiger partial charge in [-0.15, -0.1) is 0 Å². The third-order valence-corrected chi connectivity index (χ3v) is 3.49. The van der Waals surface area contributed by atoms with Gasteiger partial charge in [0.25, 0.3) is 5.91 Å². The molecule has 9 heteroatoms. The lowest BCUT2D eigenvalue weighted by molar-refractivity contribution is 0.102. The molecule has 0 unspecified atom stereocenters. The fourth-order valence-electron chi connectivity index (χ4n) is 2.00. The maximum absolute atomic E-state index is 12.2. The van der Waals surface area contributed by atoms with Gasteiger partial charge in [-0.3, -0.25) is 4.79 Å². The number of carbonyl (C=O) groups excluding carboxylic acids is 1. The Morgan fingerprint density at radius 3 is 2.60 bits per heavy atom. The fraction of sp³-hybridized carbons (Fsp3) is 0.125. The number of aryl methyl sites for hydroxylation is 1. The summed E-state index contributed by atoms with van der Waals surface area (Å²) in [6, 6.07) is 6.66. The van der Waals surface area contributed by atoms with Gasteiger partial charge in [0.2, 0.25) is 5.95 Å². The van der Waals surface area contributed by atoms with Crippen molar-refractivity contribution in [3.8, 4) is 5.75 Å². The zero-order valence-corrected chi connectivity index (χ0v) is 14.2. The molecule has 0 saturated heterocycles. The van der Waals surface area contributed by atoms with Gasteiger partial charge in [0, 0.05) is 24.1 Å². The minimum absolute atomic E-state index is 0.300. The number of anilines is 3. The molecule has 0 fully saturated rings. The summed E-state index contributed by atoms with van der Waals surface area (Å²) in [4.78, 5) is 20.4. The minimum atomic E-state index is -0.356. The summed E-state index contributed by atoms with van der Waals surface area (Å²) in [5, 5.41) is 9.77. The van der Waals surface area contributed by atoms with E-state index in [2.05, 4.69) is 25.8 Å². The van der Waals surface area contributed by atoms with Crippen molar-refractivity contribution in [3.63, 3.8) is 0 Å². The Labute approximate surface area is 148 Å². The molecule has 2 heterocycles. The smallest absolute Gasteiger partial charge is 0.258 e. The van der Waals surface area contributed by atoms with Gasteiger partial charge in [-0.1, -0.05) is 16.8 Å². The summed E-state index contributed by atoms with van der Waals surface area (Å²) in [6.45, 7) is 1.78. The molecule has 128 valence electrons. The topological polar surface area (TPSA) is 102 Å². The molecule has 0 aliphatic carbocycles. The standard InChI is InChI=1S/C16H14ClN5O3/c1-9-5-14(22-25-9)21-16-18-7-10(8-19-16)15(23)20-11-3-4-13(24-2)12(17)6-11/h3-8H,1-2H3,(H,20,23)(H,18,19,21,22). The highest BCUT2D eigenvalue weighted by Crippen LogP contribution is 2.27. The maximum atomic E-state index is 12.2. The zero-order valence-electron chi connectivity index (χ0n) is 13.4. The zero-order chi connectivity index (χ0) is 17.8. The SMILES string of the molecule is COc1ccc(NC(=O)c2cnc(Nc3cc(C)on3)nc2)cc1Cl. The highest BCUT2D eigenvalue weighted by atomic mass is 35.5. The van der Waals surface area contributed by atoms with Gasteiger partial charge in [-0.05, 0) is 25.1 Å². The molecule has 25 heavy (non-hydrogen) atoms. The van der Waals surface area contributed by atoms with Crippen LogP contribution >= 0.6 is 11.6 Å². The molecule has 8 nitrogen and oxygen atoms in total. The minimum Gasteiger partial charge on any atom is -0.495 e. The van der Waals surface area contributed by atoms with Gasteiger partial charge in [0.05, 0.1) is 17.7 Å². The number of aromatic nitrogens is 3. The van der Waals surface area contributed by atoms with E-state index in [1.807, 2.05) is 0 Å². The van der Waals surface area contributed by atoms with Crippen LogP contribution in [0.2, 0.25) is 5.02 Å². The largest absolute Gasteiger partial charge is 0.495 e. The second-order valence-corrected chi connectivity index (χ2v) is 5.45. The van der Waals surface area contributed by atoms with E-state index in [0.29, 0.717) is 39.5 Å². The summed E-state index contributed by atoms with van der Waals surface area (Å²) in [7, 11) is 1.52. The lowest BCUT2D eigenvalue weighted by atomic mass is 10.2. The maximum Gasteiger partial charge on any atom is 0.258 e. The molecule has 1 aromatic carbocycles. The lowest BCUT2D eigenvalue weighted by Gasteiger charge is -2.08. The number of nitrogens with one attached hydrogen (secondary N) is 2. The Bertz CT molecular complexity index is 895. The first-order valence-electron chi connectivity index (χ1n) is 7.22. The quantitative estimate of drug-likeness (QED) is 0.719. The van der Waals surface area contributed by atoms with Crippen LogP contribution in [-0.4, -0.2) is 28.1 Å². The van der Waals surface area contributed by atoms with Crippen LogP contribution < -0.4 is 15.4 Å². The van der Waals surface area contributed by atoms with Crippen LogP contribution in [-0.2, 0) is 0 Å². The molecule has 2 N–H and O–H groups in total. The summed E-state index contributed by atoms with van der Waals surface area (Å²) < 4.78 is 10.0. The van der Waals surface area contributed by atoms with Crippen LogP contribution in [0.4, 0.5) is 17.5 Å². The van der Waals surface area contributed by atoms with Gasteiger partial charge in [-0.25, -0.2) is 9.97 Å². The van der Waals surface area contributed by atoms with E-state index in [1.165, 1.54) is 19.5 Å². The first-order chi connectivity index (χ1) is 12.0. The van der Waals surface area contributed by atoms with Crippen LogP contribution in [0, 0.1) is 6.92 Å². The van der Waals surface area contributed by atoms with Crippen molar-refractivity contribution < 1.29 is 14.1 Å². The Morgan fingerprint density at radius 1 is 1.24 bits per heavy atom. The number of nitrogens with zero attached hydrogens (tertiary/aromatic N) is 3. The van der Waals surface area contributed by atoms with Crippen molar-refractivity contribution in [3.05, 3.63) is 53.0 Å². The molecule has 3 aromatic rings. The molecule has 0 radical (unpaired) electrons. The molecule has 2 aromatic heterocycles. The number of ether oxygens (including phenoxy) is 1. The number of hydrogen-bond acceptors (Lipinski definition) is 7. The van der Waals surface area contributed by atoms with E-state index < -0.39 is 0 Å². The molecule has 1 amide bonds. The first-order valence-corrected chi connectivity index (χ1v) is 7.60. The monoisotopic (exact) mass is 359 g/mol. The number of hydrogen-bond donors (Lipinski definition) is 2. The van der Waals surface area contributed by atoms with Crippen molar-refractivity contribution in [1.29, 1.82) is 0 Å². The average Bonchev–Trinajstić information content (AvgIpc) is 3.00. The van der Waals surface area contributed by atoms with Gasteiger partial charge in [0.1, 0.15) is 11.5 Å². The molecular weight excluding hydrogens is 346 g/mol. The van der Waals surface area contributed by atoms with E-state index >= 15 is 0 Å². The number of carbonyl (C=O) groups is 1. The highest BCUT2D eigenvalue weighted by Gasteiger charge is 2.10. The van der Waals surface area contributed by atoms with Crippen LogP contribution in [0.15, 0.2) is 41.2 Å². The van der Waals surface area contributed by atoms with Crippen molar-refractivity contribution in [2.45, 2.75) is 6.92 Å². The third-order valence-electron chi connectivity index (χ3n) is 3.19. The lowest BCUT2D eigenvalue weighted by Crippen LogP contribution is -2.13. The molecule has 0 bridgehead atoms. The van der Waals surface area contributed by atoms with Gasteiger partial charge in [-0.2, -0.15) is 0 Å². The van der Waals surface area contributed by atoms with Crippen LogP contribution in [0.25, 0.3) is 0 Å². The fourth-order valence-corrected chi connectivity index (χ4v) is 2.25. The van der Waals surface area contributed by atoms with Crippen molar-refractivity contribution >= 4 is 35.0 Å². The number of halogens is 1. The molecule has 3 rings (SSSR count). The summed E-state index contributed by atoms with van der Waals surface area (Å²) in [5.74, 6) is 1.63. The summed E-state index contributed by atoms with van der Waals surface area (Å²) in [5.41, 5.74) is 0.838. The van der Waals surface area contributed by atoms with Crippen molar-refractivity contribution in [2.24, 2.45) is 0 Å². The van der Waals surface area contributed by atoms with Gasteiger partial charge < -0.3 is 19.9 Å². The van der Waals surface area contributed by atoms with Crippen molar-refractivity contribution in [2.75, 3.05) is 17.7 Å².